The van der Waals surface area contributed by atoms with E-state index < -0.39 is 12.2 Å². The summed E-state index contributed by atoms with van der Waals surface area (Å²) in [7, 11) is 8.00. The highest BCUT2D eigenvalue weighted by molar-refractivity contribution is 8.76. The summed E-state index contributed by atoms with van der Waals surface area (Å²) in [6.45, 7) is 1.75. The molecule has 1 aromatic heterocycles. The van der Waals surface area contributed by atoms with Crippen molar-refractivity contribution >= 4 is 84.6 Å². The average Bonchev–Trinajstić information content (AvgIpc) is 4.10. The van der Waals surface area contributed by atoms with Gasteiger partial charge in [0, 0.05) is 78.7 Å². The van der Waals surface area contributed by atoms with Crippen LogP contribution in [0.1, 0.15) is 64.7 Å². The maximum atomic E-state index is 14.5. The number of alkyl carbamates (subject to hydrolysis) is 1. The maximum Gasteiger partial charge on any atom is 0.415 e. The minimum Gasteiger partial charge on any atom is -0.493 e. The van der Waals surface area contributed by atoms with E-state index in [1.165, 1.54) is 36.5 Å². The summed E-state index contributed by atoms with van der Waals surface area (Å²) in [6.07, 6.45) is 1.60. The molecule has 5 aromatic carbocycles. The second-order valence-electron chi connectivity index (χ2n) is 17.8. The summed E-state index contributed by atoms with van der Waals surface area (Å²) in [6, 6.07) is 29.2. The van der Waals surface area contributed by atoms with E-state index in [0.717, 1.165) is 29.2 Å². The number of nitrogens with one attached hydrogen (secondary N) is 2. The fourth-order valence-electron chi connectivity index (χ4n) is 10.7. The molecule has 0 unspecified atom stereocenters. The fraction of sp³-hybridized carbons (Fsp3) is 0.358. The van der Waals surface area contributed by atoms with Gasteiger partial charge in [0.2, 0.25) is 11.7 Å². The van der Waals surface area contributed by atoms with E-state index in [0.29, 0.717) is 95.8 Å². The summed E-state index contributed by atoms with van der Waals surface area (Å²) in [5.74, 6) is 2.82. The number of aromatic nitrogens is 1. The number of anilines is 1. The number of piperazine rings is 1. The number of halogens is 1. The Balaban J connectivity index is 0.767. The van der Waals surface area contributed by atoms with E-state index in [-0.39, 0.29) is 48.2 Å². The molecule has 0 spiro atoms. The summed E-state index contributed by atoms with van der Waals surface area (Å²) in [5.41, 5.74) is 7.14. The van der Waals surface area contributed by atoms with E-state index in [9.17, 15) is 19.2 Å². The Morgan fingerprint density at radius 2 is 1.43 bits per heavy atom. The Morgan fingerprint density at radius 3 is 2.13 bits per heavy atom. The molecule has 2 fully saturated rings. The van der Waals surface area contributed by atoms with Crippen LogP contribution in [0, 0.1) is 0 Å². The van der Waals surface area contributed by atoms with Crippen LogP contribution in [0.4, 0.5) is 15.3 Å². The first-order valence-electron chi connectivity index (χ1n) is 23.6. The van der Waals surface area contributed by atoms with E-state index in [1.807, 2.05) is 53.4 Å². The van der Waals surface area contributed by atoms with Gasteiger partial charge < -0.3 is 48.7 Å². The molecule has 14 nitrogen and oxygen atoms in total. The summed E-state index contributed by atoms with van der Waals surface area (Å²) in [4.78, 5) is 64.1. The third-order valence-electron chi connectivity index (χ3n) is 14.0. The van der Waals surface area contributed by atoms with Crippen LogP contribution < -0.4 is 29.2 Å². The van der Waals surface area contributed by atoms with Crippen molar-refractivity contribution in [2.45, 2.75) is 49.6 Å². The van der Waals surface area contributed by atoms with Gasteiger partial charge in [-0.2, -0.15) is 0 Å². The Kier molecular flexibility index (Phi) is 14.0. The summed E-state index contributed by atoms with van der Waals surface area (Å²) < 4.78 is 28.9. The quantitative estimate of drug-likeness (QED) is 0.0609. The summed E-state index contributed by atoms with van der Waals surface area (Å²) >= 11 is 6.62. The normalized spacial score (nSPS) is 18.2. The number of amides is 4. The highest BCUT2D eigenvalue weighted by Gasteiger charge is 2.44. The number of H-pyrrole nitrogens is 1. The number of carbonyl (C=O) groups is 4. The predicted molar refractivity (Wildman–Crippen MR) is 276 cm³/mol. The molecule has 0 bridgehead atoms. The molecule has 70 heavy (non-hydrogen) atoms. The molecule has 364 valence electrons. The van der Waals surface area contributed by atoms with Crippen LogP contribution >= 0.6 is 33.2 Å². The molecular formula is C53H54ClN5O9S2. The first kappa shape index (κ1) is 47.4. The Hall–Kier alpha value is -6.23. The number of aromatic amines is 1. The van der Waals surface area contributed by atoms with Gasteiger partial charge in [0.25, 0.3) is 5.91 Å². The van der Waals surface area contributed by atoms with Crippen LogP contribution in [0.15, 0.2) is 91.0 Å². The van der Waals surface area contributed by atoms with Crippen LogP contribution in [0.2, 0.25) is 0 Å². The Morgan fingerprint density at radius 1 is 0.757 bits per heavy atom. The van der Waals surface area contributed by atoms with Gasteiger partial charge in [0.1, 0.15) is 18.1 Å². The van der Waals surface area contributed by atoms with Gasteiger partial charge in [-0.15, -0.1) is 11.6 Å². The molecule has 10 rings (SSSR count). The number of rotatable bonds is 14. The van der Waals surface area contributed by atoms with Crippen LogP contribution in [-0.2, 0) is 9.53 Å². The van der Waals surface area contributed by atoms with Crippen molar-refractivity contribution in [1.29, 1.82) is 0 Å². The lowest BCUT2D eigenvalue weighted by Crippen LogP contribution is -2.65. The fourth-order valence-corrected chi connectivity index (χ4v) is 13.6. The molecule has 17 heteroatoms. The van der Waals surface area contributed by atoms with E-state index >= 15 is 0 Å². The Bertz CT molecular complexity index is 2940. The van der Waals surface area contributed by atoms with Crippen molar-refractivity contribution in [3.8, 4) is 34.1 Å². The van der Waals surface area contributed by atoms with E-state index in [2.05, 4.69) is 34.6 Å². The molecule has 4 amide bonds. The van der Waals surface area contributed by atoms with Gasteiger partial charge >= 0.3 is 12.2 Å². The topological polar surface area (TPSA) is 152 Å². The molecule has 4 aliphatic rings. The Labute approximate surface area is 419 Å². The molecule has 4 heterocycles. The standard InChI is InChI=1S/C53H54ClN5O9S2/c1-64-45-24-31-23-40(56-48(31)50(66-3)49(45)65-2)51(61)59-27-32(26-54)47-38-18-11-10-17-37(38)44(25-41(47)59)68-53(63)58-22-21-57(42-29-69-70-30-43(42)58)46(60)19-5-4-12-20-55-52(62)67-28-39-35-15-8-6-13-33(35)34-14-7-9-16-36(34)39/h6-11,13-18,23-25,32,39,42-43,56H,4-5,12,19-22,26-30H2,1-3H3,(H,55,62)/t32-,42+,43+/m1/s1. The molecule has 3 aliphatic heterocycles. The lowest BCUT2D eigenvalue weighted by Gasteiger charge is -2.48. The zero-order valence-corrected chi connectivity index (χ0v) is 41.6. The second kappa shape index (κ2) is 20.6. The lowest BCUT2D eigenvalue weighted by molar-refractivity contribution is -0.136. The van der Waals surface area contributed by atoms with Gasteiger partial charge in [-0.05, 0) is 58.2 Å². The average molecular weight is 1000 g/mol. The zero-order chi connectivity index (χ0) is 48.5. The molecule has 3 atom stereocenters. The van der Waals surface area contributed by atoms with Crippen molar-refractivity contribution in [3.63, 3.8) is 0 Å². The number of nitrogens with zero attached hydrogens (tertiary/aromatic N) is 3. The van der Waals surface area contributed by atoms with Crippen molar-refractivity contribution in [2.24, 2.45) is 0 Å². The minimum atomic E-state index is -0.501. The molecule has 6 aromatic rings. The predicted octanol–water partition coefficient (Wildman–Crippen LogP) is 10.2. The number of fused-ring (bicyclic) bond motifs is 8. The van der Waals surface area contributed by atoms with Crippen LogP contribution in [0.25, 0.3) is 32.8 Å². The second-order valence-corrected chi connectivity index (χ2v) is 20.7. The van der Waals surface area contributed by atoms with E-state index in [1.54, 1.807) is 56.7 Å². The SMILES string of the molecule is COc1cc2cc(C(=O)N3C[C@@H](CCl)c4c3cc(OC(=O)N3CCN(C(=O)CCCCCNC(=O)OCC5c6ccccc6-c6ccccc65)[C@H]5CSSC[C@@H]53)c3ccccc43)[nH]c2c(OC)c1OC. The molecule has 2 N–H and O–H groups in total. The third kappa shape index (κ3) is 8.83. The van der Waals surface area contributed by atoms with Gasteiger partial charge in [-0.25, -0.2) is 9.59 Å². The molecule has 0 radical (unpaired) electrons. The van der Waals surface area contributed by atoms with Gasteiger partial charge in [0.15, 0.2) is 11.5 Å². The highest BCUT2D eigenvalue weighted by Crippen LogP contribution is 2.48. The highest BCUT2D eigenvalue weighted by atomic mass is 35.5. The zero-order valence-electron chi connectivity index (χ0n) is 39.2. The molecule has 2 saturated heterocycles. The number of unbranched alkanes of at least 4 members (excludes halogenated alkanes) is 2. The number of ether oxygens (including phenoxy) is 5. The largest absolute Gasteiger partial charge is 0.493 e. The molecular weight excluding hydrogens is 950 g/mol. The van der Waals surface area contributed by atoms with Crippen molar-refractivity contribution in [1.82, 2.24) is 20.1 Å². The minimum absolute atomic E-state index is 0.00109. The summed E-state index contributed by atoms with van der Waals surface area (Å²) in [5, 5.41) is 5.18. The van der Waals surface area contributed by atoms with Gasteiger partial charge in [-0.3, -0.25) is 9.59 Å². The lowest BCUT2D eigenvalue weighted by atomic mass is 9.95. The van der Waals surface area contributed by atoms with Crippen LogP contribution in [-0.4, -0.2) is 122 Å². The monoisotopic (exact) mass is 1000 g/mol. The number of methoxy groups -OCH3 is 3. The molecule has 1 aliphatic carbocycles. The smallest absolute Gasteiger partial charge is 0.415 e. The first-order valence-corrected chi connectivity index (χ1v) is 26.6. The van der Waals surface area contributed by atoms with Gasteiger partial charge in [0.05, 0.1) is 44.6 Å². The van der Waals surface area contributed by atoms with E-state index in [4.69, 9.17) is 35.3 Å². The number of alkyl halides is 1. The first-order chi connectivity index (χ1) is 34.2. The van der Waals surface area contributed by atoms with Crippen LogP contribution in [0.5, 0.6) is 23.0 Å². The van der Waals surface area contributed by atoms with Crippen molar-refractivity contribution in [3.05, 3.63) is 113 Å². The number of hydrogen-bond acceptors (Lipinski definition) is 11. The molecule has 0 saturated carbocycles. The third-order valence-corrected chi connectivity index (χ3v) is 16.8. The maximum absolute atomic E-state index is 14.5. The number of carbonyl (C=O) groups excluding carboxylic acids is 4. The van der Waals surface area contributed by atoms with Crippen LogP contribution in [0.3, 0.4) is 0 Å². The van der Waals surface area contributed by atoms with Crippen molar-refractivity contribution < 1.29 is 42.9 Å². The van der Waals surface area contributed by atoms with Crippen molar-refractivity contribution in [2.75, 3.05) is 76.4 Å². The van der Waals surface area contributed by atoms with Gasteiger partial charge in [-0.1, -0.05) is 101 Å². The number of hydrogen-bond donors (Lipinski definition) is 2. The number of benzene rings is 5.